The predicted octanol–water partition coefficient (Wildman–Crippen LogP) is 2.03. The van der Waals surface area contributed by atoms with Gasteiger partial charge < -0.3 is 14.7 Å². The van der Waals surface area contributed by atoms with E-state index >= 15 is 0 Å². The second-order valence-corrected chi connectivity index (χ2v) is 8.27. The summed E-state index contributed by atoms with van der Waals surface area (Å²) < 4.78 is 0. The molecule has 3 amide bonds. The van der Waals surface area contributed by atoms with E-state index in [1.807, 2.05) is 14.7 Å². The molecule has 0 atom stereocenters. The molecule has 0 N–H and O–H groups in total. The Labute approximate surface area is 149 Å². The van der Waals surface area contributed by atoms with Gasteiger partial charge in [-0.05, 0) is 44.9 Å². The normalized spacial score (nSPS) is 26.9. The van der Waals surface area contributed by atoms with Crippen LogP contribution in [0.3, 0.4) is 0 Å². The number of likely N-dealkylation sites (tertiary alicyclic amines) is 3. The molecule has 4 fully saturated rings. The van der Waals surface area contributed by atoms with Gasteiger partial charge in [0.05, 0.1) is 0 Å². The first-order valence-corrected chi connectivity index (χ1v) is 9.96. The van der Waals surface area contributed by atoms with Crippen LogP contribution in [0.25, 0.3) is 0 Å². The Morgan fingerprint density at radius 1 is 0.880 bits per heavy atom. The summed E-state index contributed by atoms with van der Waals surface area (Å²) in [4.78, 5) is 43.4. The molecule has 0 bridgehead atoms. The number of hydrogen-bond acceptors (Lipinski definition) is 3. The average Bonchev–Trinajstić information content (AvgIpc) is 3.14. The summed E-state index contributed by atoms with van der Waals surface area (Å²) in [5.74, 6) is 0.573. The van der Waals surface area contributed by atoms with Gasteiger partial charge in [0.15, 0.2) is 0 Å². The van der Waals surface area contributed by atoms with Crippen molar-refractivity contribution in [2.24, 2.45) is 5.92 Å². The standard InChI is InChI=1S/C19H29N3O3/c23-16-6-13-22(19(14-16)7-3-8-19)17(24)15-4-11-21(12-5-15)18(25)20-9-1-2-10-20/h15H,1-14H2. The molecule has 0 radical (unpaired) electrons. The quantitative estimate of drug-likeness (QED) is 0.729. The molecule has 1 spiro atoms. The van der Waals surface area contributed by atoms with Crippen molar-refractivity contribution >= 4 is 17.7 Å². The first-order valence-electron chi connectivity index (χ1n) is 9.96. The van der Waals surface area contributed by atoms with Crippen molar-refractivity contribution in [2.75, 3.05) is 32.7 Å². The van der Waals surface area contributed by atoms with Crippen LogP contribution in [-0.2, 0) is 9.59 Å². The Bertz CT molecular complexity index is 558. The highest BCUT2D eigenvalue weighted by Crippen LogP contribution is 2.44. The Morgan fingerprint density at radius 2 is 1.52 bits per heavy atom. The second-order valence-electron chi connectivity index (χ2n) is 8.27. The van der Waals surface area contributed by atoms with E-state index in [9.17, 15) is 14.4 Å². The van der Waals surface area contributed by atoms with E-state index in [1.165, 1.54) is 0 Å². The number of carbonyl (C=O) groups excluding carboxylic acids is 3. The lowest BCUT2D eigenvalue weighted by Crippen LogP contribution is -2.62. The van der Waals surface area contributed by atoms with Gasteiger partial charge in [-0.2, -0.15) is 0 Å². The topological polar surface area (TPSA) is 60.9 Å². The van der Waals surface area contributed by atoms with Gasteiger partial charge in [0.25, 0.3) is 0 Å². The molecule has 1 saturated carbocycles. The number of urea groups is 1. The average molecular weight is 347 g/mol. The van der Waals surface area contributed by atoms with Crippen LogP contribution in [0.2, 0.25) is 0 Å². The molecule has 3 heterocycles. The van der Waals surface area contributed by atoms with Crippen molar-refractivity contribution in [1.29, 1.82) is 0 Å². The van der Waals surface area contributed by atoms with E-state index in [0.717, 1.165) is 58.0 Å². The number of Topliss-reactive ketones (excluding diaryl/α,β-unsaturated/α-hetero) is 1. The molecule has 3 saturated heterocycles. The van der Waals surface area contributed by atoms with Crippen LogP contribution >= 0.6 is 0 Å². The van der Waals surface area contributed by atoms with Gasteiger partial charge in [-0.3, -0.25) is 9.59 Å². The Hall–Kier alpha value is -1.59. The van der Waals surface area contributed by atoms with Crippen molar-refractivity contribution in [2.45, 2.75) is 63.3 Å². The molecular weight excluding hydrogens is 318 g/mol. The zero-order valence-electron chi connectivity index (χ0n) is 15.0. The maximum atomic E-state index is 13.1. The molecule has 0 aromatic heterocycles. The highest BCUT2D eigenvalue weighted by Gasteiger charge is 2.49. The molecule has 138 valence electrons. The molecule has 0 aromatic carbocycles. The number of nitrogens with zero attached hydrogens (tertiary/aromatic N) is 3. The summed E-state index contributed by atoms with van der Waals surface area (Å²) in [5, 5.41) is 0. The Kier molecular flexibility index (Phi) is 4.46. The van der Waals surface area contributed by atoms with Gasteiger partial charge in [0, 0.05) is 57.0 Å². The molecule has 25 heavy (non-hydrogen) atoms. The SMILES string of the molecule is O=C1CCN(C(=O)C2CCN(C(=O)N3CCCC3)CC2)C2(CCC2)C1. The lowest BCUT2D eigenvalue weighted by Gasteiger charge is -2.53. The maximum absolute atomic E-state index is 13.1. The summed E-state index contributed by atoms with van der Waals surface area (Å²) in [5.41, 5.74) is -0.158. The zero-order valence-corrected chi connectivity index (χ0v) is 15.0. The van der Waals surface area contributed by atoms with Gasteiger partial charge in [0.1, 0.15) is 5.78 Å². The highest BCUT2D eigenvalue weighted by atomic mass is 16.2. The molecule has 4 aliphatic rings. The molecule has 0 aromatic rings. The van der Waals surface area contributed by atoms with Crippen LogP contribution in [0.4, 0.5) is 4.79 Å². The molecule has 1 aliphatic carbocycles. The van der Waals surface area contributed by atoms with Gasteiger partial charge in [0.2, 0.25) is 5.91 Å². The second kappa shape index (κ2) is 6.61. The van der Waals surface area contributed by atoms with E-state index in [0.29, 0.717) is 38.3 Å². The third kappa shape index (κ3) is 3.04. The lowest BCUT2D eigenvalue weighted by molar-refractivity contribution is -0.154. The fourth-order valence-corrected chi connectivity index (χ4v) is 5.05. The van der Waals surface area contributed by atoms with Crippen molar-refractivity contribution in [1.82, 2.24) is 14.7 Å². The van der Waals surface area contributed by atoms with Gasteiger partial charge in [-0.1, -0.05) is 0 Å². The number of ketones is 1. The molecule has 6 nitrogen and oxygen atoms in total. The lowest BCUT2D eigenvalue weighted by atomic mass is 9.69. The summed E-state index contributed by atoms with van der Waals surface area (Å²) in [7, 11) is 0. The number of rotatable bonds is 1. The van der Waals surface area contributed by atoms with E-state index < -0.39 is 0 Å². The van der Waals surface area contributed by atoms with Gasteiger partial charge in [-0.25, -0.2) is 4.79 Å². The summed E-state index contributed by atoms with van der Waals surface area (Å²) >= 11 is 0. The van der Waals surface area contributed by atoms with Gasteiger partial charge >= 0.3 is 6.03 Å². The van der Waals surface area contributed by atoms with Crippen LogP contribution in [-0.4, -0.2) is 70.7 Å². The zero-order chi connectivity index (χ0) is 17.4. The molecular formula is C19H29N3O3. The third-order valence-electron chi connectivity index (χ3n) is 6.75. The summed E-state index contributed by atoms with van der Waals surface area (Å²) in [6.07, 6.45) is 7.91. The van der Waals surface area contributed by atoms with Crippen LogP contribution in [0.5, 0.6) is 0 Å². The molecule has 4 rings (SSSR count). The Morgan fingerprint density at radius 3 is 2.12 bits per heavy atom. The van der Waals surface area contributed by atoms with Crippen LogP contribution < -0.4 is 0 Å². The smallest absolute Gasteiger partial charge is 0.319 e. The van der Waals surface area contributed by atoms with E-state index in [4.69, 9.17) is 0 Å². The van der Waals surface area contributed by atoms with Crippen molar-refractivity contribution in [3.8, 4) is 0 Å². The van der Waals surface area contributed by atoms with Crippen molar-refractivity contribution in [3.05, 3.63) is 0 Å². The van der Waals surface area contributed by atoms with Crippen LogP contribution in [0.1, 0.15) is 57.8 Å². The summed E-state index contributed by atoms with van der Waals surface area (Å²) in [6, 6.07) is 0.155. The van der Waals surface area contributed by atoms with Gasteiger partial charge in [-0.15, -0.1) is 0 Å². The summed E-state index contributed by atoms with van der Waals surface area (Å²) in [6.45, 7) is 3.73. The van der Waals surface area contributed by atoms with E-state index in [1.54, 1.807) is 0 Å². The number of amides is 3. The van der Waals surface area contributed by atoms with E-state index in [2.05, 4.69) is 0 Å². The number of piperidine rings is 2. The van der Waals surface area contributed by atoms with Crippen LogP contribution in [0.15, 0.2) is 0 Å². The first-order chi connectivity index (χ1) is 12.1. The maximum Gasteiger partial charge on any atom is 0.319 e. The van der Waals surface area contributed by atoms with Crippen molar-refractivity contribution < 1.29 is 14.4 Å². The predicted molar refractivity (Wildman–Crippen MR) is 93.0 cm³/mol. The Balaban J connectivity index is 1.35. The third-order valence-corrected chi connectivity index (χ3v) is 6.75. The fourth-order valence-electron chi connectivity index (χ4n) is 5.05. The number of hydrogen-bond donors (Lipinski definition) is 0. The molecule has 0 unspecified atom stereocenters. The minimum absolute atomic E-state index is 0.0216. The minimum atomic E-state index is -0.158. The van der Waals surface area contributed by atoms with Crippen molar-refractivity contribution in [3.63, 3.8) is 0 Å². The molecule has 6 heteroatoms. The minimum Gasteiger partial charge on any atom is -0.336 e. The fraction of sp³-hybridized carbons (Fsp3) is 0.842. The first kappa shape index (κ1) is 16.9. The monoisotopic (exact) mass is 347 g/mol. The van der Waals surface area contributed by atoms with E-state index in [-0.39, 0.29) is 23.4 Å². The highest BCUT2D eigenvalue weighted by molar-refractivity contribution is 5.86. The number of carbonyl (C=O) groups is 3. The molecule has 3 aliphatic heterocycles. The largest absolute Gasteiger partial charge is 0.336 e. The van der Waals surface area contributed by atoms with Crippen LogP contribution in [0, 0.1) is 5.92 Å².